The first-order valence-electron chi connectivity index (χ1n) is 32.3. The summed E-state index contributed by atoms with van der Waals surface area (Å²) in [4.78, 5) is 24.5. The van der Waals surface area contributed by atoms with Crippen LogP contribution in [-0.2, 0) is 14.3 Å². The molecule has 0 saturated heterocycles. The number of amides is 1. The van der Waals surface area contributed by atoms with Crippen molar-refractivity contribution in [3.63, 3.8) is 0 Å². The first-order chi connectivity index (χ1) is 34.5. The number of hydrogen-bond acceptors (Lipinski definition) is 5. The van der Waals surface area contributed by atoms with Crippen LogP contribution in [0, 0.1) is 0 Å². The van der Waals surface area contributed by atoms with Crippen LogP contribution < -0.4 is 5.32 Å². The summed E-state index contributed by atoms with van der Waals surface area (Å²) >= 11 is 0. The van der Waals surface area contributed by atoms with Gasteiger partial charge in [-0.3, -0.25) is 9.59 Å². The zero-order valence-corrected chi connectivity index (χ0v) is 47.8. The standard InChI is InChI=1S/C64H127NO5/c1-3-5-7-9-11-13-15-37-40-44-48-52-56-62(67)61(60-66)65-63(68)57-53-49-45-41-38-34-32-30-28-26-24-22-20-18-16-17-19-21-23-25-27-29-31-33-35-39-43-47-51-55-59-70-64(69)58-54-50-46-42-36-14-12-10-8-6-4-2/h61-62,66-67H,3-60H2,1-2H3,(H,65,68). The van der Waals surface area contributed by atoms with Gasteiger partial charge in [0.15, 0.2) is 0 Å². The molecule has 6 nitrogen and oxygen atoms in total. The number of esters is 1. The first kappa shape index (κ1) is 68.9. The van der Waals surface area contributed by atoms with Crippen LogP contribution in [0.15, 0.2) is 0 Å². The van der Waals surface area contributed by atoms with Crippen molar-refractivity contribution >= 4 is 11.9 Å². The Morgan fingerprint density at radius 3 is 0.871 bits per heavy atom. The van der Waals surface area contributed by atoms with E-state index in [9.17, 15) is 19.8 Å². The summed E-state index contributed by atoms with van der Waals surface area (Å²) in [5.41, 5.74) is 0. The molecule has 0 radical (unpaired) electrons. The third-order valence-corrected chi connectivity index (χ3v) is 15.4. The number of hydrogen-bond donors (Lipinski definition) is 3. The van der Waals surface area contributed by atoms with Crippen LogP contribution in [0.5, 0.6) is 0 Å². The van der Waals surface area contributed by atoms with Crippen LogP contribution in [0.25, 0.3) is 0 Å². The van der Waals surface area contributed by atoms with Gasteiger partial charge in [-0.05, 0) is 25.7 Å². The van der Waals surface area contributed by atoms with E-state index in [0.29, 0.717) is 25.9 Å². The molecule has 0 aromatic carbocycles. The summed E-state index contributed by atoms with van der Waals surface area (Å²) in [7, 11) is 0. The van der Waals surface area contributed by atoms with Crippen molar-refractivity contribution in [2.75, 3.05) is 13.2 Å². The molecule has 0 aliphatic carbocycles. The van der Waals surface area contributed by atoms with Crippen molar-refractivity contribution in [1.82, 2.24) is 5.32 Å². The van der Waals surface area contributed by atoms with Crippen molar-refractivity contribution in [2.45, 2.75) is 386 Å². The fraction of sp³-hybridized carbons (Fsp3) is 0.969. The molecule has 0 fully saturated rings. The molecule has 70 heavy (non-hydrogen) atoms. The molecule has 2 atom stereocenters. The second-order valence-electron chi connectivity index (χ2n) is 22.5. The molecule has 418 valence electrons. The number of rotatable bonds is 61. The van der Waals surface area contributed by atoms with E-state index < -0.39 is 12.1 Å². The van der Waals surface area contributed by atoms with Gasteiger partial charge in [-0.2, -0.15) is 0 Å². The highest BCUT2D eigenvalue weighted by Crippen LogP contribution is 2.19. The van der Waals surface area contributed by atoms with Gasteiger partial charge in [0.05, 0.1) is 25.4 Å². The van der Waals surface area contributed by atoms with Crippen LogP contribution in [-0.4, -0.2) is 47.4 Å². The topological polar surface area (TPSA) is 95.9 Å². The van der Waals surface area contributed by atoms with Gasteiger partial charge in [-0.1, -0.05) is 335 Å². The van der Waals surface area contributed by atoms with Gasteiger partial charge in [0.25, 0.3) is 0 Å². The van der Waals surface area contributed by atoms with Crippen molar-refractivity contribution in [3.05, 3.63) is 0 Å². The number of carbonyl (C=O) groups is 2. The van der Waals surface area contributed by atoms with Crippen molar-refractivity contribution in [3.8, 4) is 0 Å². The normalized spacial score (nSPS) is 12.5. The fourth-order valence-electron chi connectivity index (χ4n) is 10.5. The molecule has 2 unspecified atom stereocenters. The zero-order chi connectivity index (χ0) is 50.7. The maximum absolute atomic E-state index is 12.5. The molecule has 6 heteroatoms. The highest BCUT2D eigenvalue weighted by atomic mass is 16.5. The highest BCUT2D eigenvalue weighted by Gasteiger charge is 2.20. The summed E-state index contributed by atoms with van der Waals surface area (Å²) in [5, 5.41) is 23.2. The molecule has 3 N–H and O–H groups in total. The predicted octanol–water partition coefficient (Wildman–Crippen LogP) is 20.3. The number of ether oxygens (including phenoxy) is 1. The van der Waals surface area contributed by atoms with E-state index >= 15 is 0 Å². The van der Waals surface area contributed by atoms with E-state index in [1.165, 1.54) is 302 Å². The molecular formula is C64H127NO5. The summed E-state index contributed by atoms with van der Waals surface area (Å²) in [5.74, 6) is -0.00865. The Morgan fingerprint density at radius 2 is 0.586 bits per heavy atom. The van der Waals surface area contributed by atoms with E-state index in [0.717, 1.165) is 38.5 Å². The van der Waals surface area contributed by atoms with E-state index in [1.807, 2.05) is 0 Å². The van der Waals surface area contributed by atoms with E-state index in [-0.39, 0.29) is 18.5 Å². The monoisotopic (exact) mass is 990 g/mol. The average molecular weight is 991 g/mol. The Morgan fingerprint density at radius 1 is 0.343 bits per heavy atom. The maximum atomic E-state index is 12.5. The van der Waals surface area contributed by atoms with Crippen LogP contribution >= 0.6 is 0 Å². The van der Waals surface area contributed by atoms with Crippen LogP contribution in [0.1, 0.15) is 373 Å². The number of unbranched alkanes of at least 4 members (excludes halogenated alkanes) is 50. The van der Waals surface area contributed by atoms with Gasteiger partial charge in [0.1, 0.15) is 0 Å². The lowest BCUT2D eigenvalue weighted by molar-refractivity contribution is -0.143. The van der Waals surface area contributed by atoms with Gasteiger partial charge in [0, 0.05) is 12.8 Å². The number of carbonyl (C=O) groups excluding carboxylic acids is 2. The summed E-state index contributed by atoms with van der Waals surface area (Å²) in [6.07, 6.45) is 71.4. The van der Waals surface area contributed by atoms with Crippen molar-refractivity contribution in [1.29, 1.82) is 0 Å². The minimum absolute atomic E-state index is 0.0205. The predicted molar refractivity (Wildman–Crippen MR) is 306 cm³/mol. The van der Waals surface area contributed by atoms with Crippen LogP contribution in [0.2, 0.25) is 0 Å². The van der Waals surface area contributed by atoms with Gasteiger partial charge >= 0.3 is 5.97 Å². The van der Waals surface area contributed by atoms with E-state index in [1.54, 1.807) is 0 Å². The largest absolute Gasteiger partial charge is 0.466 e. The molecule has 0 spiro atoms. The fourth-order valence-corrected chi connectivity index (χ4v) is 10.5. The maximum Gasteiger partial charge on any atom is 0.305 e. The third kappa shape index (κ3) is 56.2. The summed E-state index contributed by atoms with van der Waals surface area (Å²) in [6, 6.07) is -0.536. The Labute approximate surface area is 438 Å². The molecule has 0 aliphatic rings. The molecule has 1 amide bonds. The van der Waals surface area contributed by atoms with Crippen LogP contribution in [0.4, 0.5) is 0 Å². The third-order valence-electron chi connectivity index (χ3n) is 15.4. The second kappa shape index (κ2) is 60.4. The molecular weight excluding hydrogens is 863 g/mol. The Bertz CT molecular complexity index is 1010. The Balaban J connectivity index is 3.30. The lowest BCUT2D eigenvalue weighted by atomic mass is 10.0. The molecule has 0 saturated carbocycles. The van der Waals surface area contributed by atoms with Gasteiger partial charge in [-0.15, -0.1) is 0 Å². The number of aliphatic hydroxyl groups is 2. The highest BCUT2D eigenvalue weighted by molar-refractivity contribution is 5.76. The van der Waals surface area contributed by atoms with Crippen LogP contribution in [0.3, 0.4) is 0 Å². The van der Waals surface area contributed by atoms with E-state index in [4.69, 9.17) is 4.74 Å². The minimum Gasteiger partial charge on any atom is -0.466 e. The smallest absolute Gasteiger partial charge is 0.305 e. The molecule has 0 aromatic rings. The molecule has 0 bridgehead atoms. The first-order valence-corrected chi connectivity index (χ1v) is 32.3. The molecule has 0 heterocycles. The quantitative estimate of drug-likeness (QED) is 0.0417. The second-order valence-corrected chi connectivity index (χ2v) is 22.5. The van der Waals surface area contributed by atoms with Gasteiger partial charge in [-0.25, -0.2) is 0 Å². The summed E-state index contributed by atoms with van der Waals surface area (Å²) in [6.45, 7) is 4.98. The Kier molecular flexibility index (Phi) is 59.4. The number of aliphatic hydroxyl groups excluding tert-OH is 2. The average Bonchev–Trinajstić information content (AvgIpc) is 3.36. The summed E-state index contributed by atoms with van der Waals surface area (Å²) < 4.78 is 5.47. The zero-order valence-electron chi connectivity index (χ0n) is 47.8. The lowest BCUT2D eigenvalue weighted by Gasteiger charge is -2.22. The van der Waals surface area contributed by atoms with Crippen molar-refractivity contribution < 1.29 is 24.5 Å². The Hall–Kier alpha value is -1.14. The minimum atomic E-state index is -0.659. The molecule has 0 aliphatic heterocycles. The molecule has 0 aromatic heterocycles. The van der Waals surface area contributed by atoms with Gasteiger partial charge in [0.2, 0.25) is 5.91 Å². The van der Waals surface area contributed by atoms with Gasteiger partial charge < -0.3 is 20.3 Å². The SMILES string of the molecule is CCCCCCCCCCCCCCC(O)C(CO)NC(=O)CCCCCCCCCCCCCCCCCCCCCCCCCCCCCCCCOC(=O)CCCCCCCCCCCCC. The molecule has 0 rings (SSSR count). The lowest BCUT2D eigenvalue weighted by Crippen LogP contribution is -2.45. The number of nitrogens with one attached hydrogen (secondary N) is 1. The van der Waals surface area contributed by atoms with E-state index in [2.05, 4.69) is 19.2 Å². The van der Waals surface area contributed by atoms with Crippen molar-refractivity contribution in [2.24, 2.45) is 0 Å².